The van der Waals surface area contributed by atoms with E-state index in [2.05, 4.69) is 0 Å². The normalized spacial score (nSPS) is 10.5. The summed E-state index contributed by atoms with van der Waals surface area (Å²) in [6, 6.07) is 1.68. The molecule has 0 heterocycles. The van der Waals surface area contributed by atoms with E-state index in [-0.39, 0.29) is 0 Å². The zero-order valence-electron chi connectivity index (χ0n) is 9.85. The van der Waals surface area contributed by atoms with Gasteiger partial charge in [-0.2, -0.15) is 0 Å². The molecule has 0 radical (unpaired) electrons. The van der Waals surface area contributed by atoms with Gasteiger partial charge in [0, 0.05) is 19.0 Å². The van der Waals surface area contributed by atoms with Crippen LogP contribution in [0, 0.1) is 17.5 Å². The molecular formula is C12H13ClF3NO. The highest BCUT2D eigenvalue weighted by Crippen LogP contribution is 2.17. The molecule has 0 bridgehead atoms. The molecule has 0 spiro atoms. The second-order valence-electron chi connectivity index (χ2n) is 3.65. The quantitative estimate of drug-likeness (QED) is 0.599. The van der Waals surface area contributed by atoms with Crippen LogP contribution in [-0.4, -0.2) is 29.8 Å². The minimum atomic E-state index is -1.63. The van der Waals surface area contributed by atoms with E-state index in [4.69, 9.17) is 11.6 Å². The molecule has 100 valence electrons. The molecule has 0 unspecified atom stereocenters. The Kier molecular flexibility index (Phi) is 5.47. The van der Waals surface area contributed by atoms with Crippen LogP contribution in [0.5, 0.6) is 0 Å². The first kappa shape index (κ1) is 14.8. The molecule has 1 amide bonds. The van der Waals surface area contributed by atoms with Crippen LogP contribution in [0.25, 0.3) is 0 Å². The molecule has 0 aromatic heterocycles. The van der Waals surface area contributed by atoms with Crippen molar-refractivity contribution in [3.05, 3.63) is 35.1 Å². The molecule has 6 heteroatoms. The van der Waals surface area contributed by atoms with E-state index >= 15 is 0 Å². The fourth-order valence-electron chi connectivity index (χ4n) is 1.52. The Morgan fingerprint density at radius 2 is 1.94 bits per heavy atom. The van der Waals surface area contributed by atoms with Gasteiger partial charge in [0.15, 0.2) is 17.5 Å². The van der Waals surface area contributed by atoms with Gasteiger partial charge in [0.1, 0.15) is 0 Å². The first-order valence-corrected chi connectivity index (χ1v) is 6.05. The van der Waals surface area contributed by atoms with Crippen LogP contribution < -0.4 is 0 Å². The van der Waals surface area contributed by atoms with E-state index in [9.17, 15) is 18.0 Å². The summed E-state index contributed by atoms with van der Waals surface area (Å²) in [5.41, 5.74) is -0.467. The number of nitrogens with zero attached hydrogens (tertiary/aromatic N) is 1. The molecule has 0 aliphatic carbocycles. The number of carbonyl (C=O) groups excluding carboxylic acids is 1. The Balaban J connectivity index is 2.98. The number of alkyl halides is 1. The van der Waals surface area contributed by atoms with Crippen molar-refractivity contribution in [2.75, 3.05) is 19.0 Å². The molecule has 0 N–H and O–H groups in total. The Labute approximate surface area is 108 Å². The topological polar surface area (TPSA) is 20.3 Å². The van der Waals surface area contributed by atoms with Crippen molar-refractivity contribution in [2.45, 2.75) is 13.3 Å². The number of hydrogen-bond donors (Lipinski definition) is 0. The van der Waals surface area contributed by atoms with E-state index in [1.165, 1.54) is 4.90 Å². The molecule has 2 nitrogen and oxygen atoms in total. The van der Waals surface area contributed by atoms with Crippen molar-refractivity contribution >= 4 is 17.5 Å². The van der Waals surface area contributed by atoms with Crippen molar-refractivity contribution in [3.8, 4) is 0 Å². The van der Waals surface area contributed by atoms with Gasteiger partial charge >= 0.3 is 0 Å². The Hall–Kier alpha value is -1.23. The number of benzene rings is 1. The molecule has 1 rings (SSSR count). The molecule has 0 saturated heterocycles. The van der Waals surface area contributed by atoms with Gasteiger partial charge in [0.2, 0.25) is 0 Å². The highest BCUT2D eigenvalue weighted by atomic mass is 35.5. The van der Waals surface area contributed by atoms with Crippen LogP contribution in [0.2, 0.25) is 0 Å². The van der Waals surface area contributed by atoms with E-state index in [1.54, 1.807) is 6.92 Å². The Bertz CT molecular complexity index is 440. The van der Waals surface area contributed by atoms with E-state index in [1.807, 2.05) is 0 Å². The first-order chi connectivity index (χ1) is 8.52. The summed E-state index contributed by atoms with van der Waals surface area (Å²) >= 11 is 5.51. The summed E-state index contributed by atoms with van der Waals surface area (Å²) in [5, 5.41) is 0. The molecular weight excluding hydrogens is 267 g/mol. The third kappa shape index (κ3) is 3.16. The van der Waals surface area contributed by atoms with Gasteiger partial charge in [-0.05, 0) is 25.5 Å². The van der Waals surface area contributed by atoms with Crippen LogP contribution in [-0.2, 0) is 0 Å². The third-order valence-corrected chi connectivity index (χ3v) is 2.76. The van der Waals surface area contributed by atoms with Gasteiger partial charge < -0.3 is 4.90 Å². The lowest BCUT2D eigenvalue weighted by Crippen LogP contribution is -2.32. The summed E-state index contributed by atoms with van der Waals surface area (Å²) in [6.45, 7) is 2.40. The zero-order chi connectivity index (χ0) is 13.7. The second-order valence-corrected chi connectivity index (χ2v) is 4.03. The maximum Gasteiger partial charge on any atom is 0.256 e. The minimum Gasteiger partial charge on any atom is -0.339 e. The second kappa shape index (κ2) is 6.64. The SMILES string of the molecule is CCN(CCCCl)C(=O)c1ccc(F)c(F)c1F. The fourth-order valence-corrected chi connectivity index (χ4v) is 1.63. The van der Waals surface area contributed by atoms with Gasteiger partial charge in [0.05, 0.1) is 5.56 Å². The van der Waals surface area contributed by atoms with Crippen molar-refractivity contribution in [2.24, 2.45) is 0 Å². The molecule has 18 heavy (non-hydrogen) atoms. The van der Waals surface area contributed by atoms with E-state index < -0.39 is 28.9 Å². The molecule has 1 aromatic carbocycles. The van der Waals surface area contributed by atoms with Crippen molar-refractivity contribution in [1.29, 1.82) is 0 Å². The van der Waals surface area contributed by atoms with Gasteiger partial charge in [0.25, 0.3) is 5.91 Å². The molecule has 0 saturated carbocycles. The number of carbonyl (C=O) groups is 1. The molecule has 0 aliphatic rings. The predicted octanol–water partition coefficient (Wildman–Crippen LogP) is 3.19. The van der Waals surface area contributed by atoms with Crippen LogP contribution in [0.4, 0.5) is 13.2 Å². The minimum absolute atomic E-state index is 0.341. The smallest absolute Gasteiger partial charge is 0.256 e. The van der Waals surface area contributed by atoms with E-state index in [0.717, 1.165) is 12.1 Å². The average Bonchev–Trinajstić information content (AvgIpc) is 2.37. The van der Waals surface area contributed by atoms with Crippen molar-refractivity contribution in [1.82, 2.24) is 4.90 Å². The summed E-state index contributed by atoms with van der Waals surface area (Å²) < 4.78 is 39.2. The van der Waals surface area contributed by atoms with Crippen LogP contribution >= 0.6 is 11.6 Å². The maximum absolute atomic E-state index is 13.4. The highest BCUT2D eigenvalue weighted by Gasteiger charge is 2.22. The largest absolute Gasteiger partial charge is 0.339 e. The zero-order valence-corrected chi connectivity index (χ0v) is 10.6. The van der Waals surface area contributed by atoms with Gasteiger partial charge in [-0.1, -0.05) is 0 Å². The first-order valence-electron chi connectivity index (χ1n) is 5.51. The molecule has 0 atom stereocenters. The molecule has 1 aromatic rings. The lowest BCUT2D eigenvalue weighted by atomic mass is 10.1. The summed E-state index contributed by atoms with van der Waals surface area (Å²) in [5.74, 6) is -4.70. The lowest BCUT2D eigenvalue weighted by Gasteiger charge is -2.20. The standard InChI is InChI=1S/C12H13ClF3NO/c1-2-17(7-3-6-13)12(18)8-4-5-9(14)11(16)10(8)15/h4-5H,2-3,6-7H2,1H3. The summed E-state index contributed by atoms with van der Waals surface area (Å²) in [7, 11) is 0. The number of amides is 1. The number of hydrogen-bond acceptors (Lipinski definition) is 1. The van der Waals surface area contributed by atoms with Crippen LogP contribution in [0.15, 0.2) is 12.1 Å². The summed E-state index contributed by atoms with van der Waals surface area (Å²) in [6.07, 6.45) is 0.548. The summed E-state index contributed by atoms with van der Waals surface area (Å²) in [4.78, 5) is 13.3. The van der Waals surface area contributed by atoms with Crippen LogP contribution in [0.3, 0.4) is 0 Å². The van der Waals surface area contributed by atoms with E-state index in [0.29, 0.717) is 25.4 Å². The number of halogens is 4. The average molecular weight is 280 g/mol. The monoisotopic (exact) mass is 279 g/mol. The molecule has 0 aliphatic heterocycles. The van der Waals surface area contributed by atoms with Crippen molar-refractivity contribution in [3.63, 3.8) is 0 Å². The van der Waals surface area contributed by atoms with Gasteiger partial charge in [-0.3, -0.25) is 4.79 Å². The lowest BCUT2D eigenvalue weighted by molar-refractivity contribution is 0.0758. The van der Waals surface area contributed by atoms with Gasteiger partial charge in [-0.15, -0.1) is 11.6 Å². The maximum atomic E-state index is 13.4. The van der Waals surface area contributed by atoms with Gasteiger partial charge in [-0.25, -0.2) is 13.2 Å². The fraction of sp³-hybridized carbons (Fsp3) is 0.417. The van der Waals surface area contributed by atoms with Crippen LogP contribution in [0.1, 0.15) is 23.7 Å². The predicted molar refractivity (Wildman–Crippen MR) is 63.2 cm³/mol. The Morgan fingerprint density at radius 1 is 1.28 bits per heavy atom. The Morgan fingerprint density at radius 3 is 2.50 bits per heavy atom. The number of rotatable bonds is 5. The highest BCUT2D eigenvalue weighted by molar-refractivity contribution is 6.17. The molecule has 0 fully saturated rings. The third-order valence-electron chi connectivity index (χ3n) is 2.50. The van der Waals surface area contributed by atoms with Crippen molar-refractivity contribution < 1.29 is 18.0 Å².